The van der Waals surface area contributed by atoms with E-state index in [1.807, 2.05) is 35.2 Å². The lowest BCUT2D eigenvalue weighted by molar-refractivity contribution is -0.274. The van der Waals surface area contributed by atoms with Gasteiger partial charge in [-0.05, 0) is 42.5 Å². The Hall–Kier alpha value is -3.36. The van der Waals surface area contributed by atoms with Crippen molar-refractivity contribution in [3.8, 4) is 5.75 Å². The number of benzene rings is 2. The second-order valence-corrected chi connectivity index (χ2v) is 9.68. The molecule has 2 fully saturated rings. The summed E-state index contributed by atoms with van der Waals surface area (Å²) in [7, 11) is 0. The maximum absolute atomic E-state index is 13.3. The van der Waals surface area contributed by atoms with Gasteiger partial charge in [0.2, 0.25) is 11.8 Å². The van der Waals surface area contributed by atoms with E-state index in [1.165, 1.54) is 12.1 Å². The van der Waals surface area contributed by atoms with Crippen molar-refractivity contribution in [2.75, 3.05) is 13.1 Å². The second kappa shape index (κ2) is 10.3. The molecule has 0 spiro atoms. The first-order chi connectivity index (χ1) is 17.3. The molecule has 9 heteroatoms. The van der Waals surface area contributed by atoms with E-state index in [-0.39, 0.29) is 29.4 Å². The van der Waals surface area contributed by atoms with E-state index in [0.29, 0.717) is 37.6 Å². The average Bonchev–Trinajstić information content (AvgIpc) is 3.56. The summed E-state index contributed by atoms with van der Waals surface area (Å²) in [6.07, 6.45) is 0.380. The van der Waals surface area contributed by atoms with Crippen LogP contribution in [0, 0.1) is 5.92 Å². The fourth-order valence-corrected chi connectivity index (χ4v) is 5.36. The summed E-state index contributed by atoms with van der Waals surface area (Å²) in [5.74, 6) is 0.759. The Bertz CT molecular complexity index is 1160. The Kier molecular flexibility index (Phi) is 6.98. The van der Waals surface area contributed by atoms with Crippen molar-refractivity contribution >= 4 is 5.91 Å². The molecule has 1 aliphatic carbocycles. The molecule has 190 valence electrons. The highest BCUT2D eigenvalue weighted by atomic mass is 19.4. The van der Waals surface area contributed by atoms with Crippen molar-refractivity contribution in [2.45, 2.75) is 56.7 Å². The number of halogens is 3. The van der Waals surface area contributed by atoms with Crippen LogP contribution in [0.1, 0.15) is 66.8 Å². The standard InChI is InChI=1S/C27H28F3N3O3/c28-27(29,30)35-23-12-10-19(11-13-23)21-15-22(17-33(16-21)26(34)20-8-4-5-9-20)25-31-24(32-36-25)14-18-6-2-1-3-7-18/h1-3,6-7,10-13,20-22H,4-5,8-9,14-17H2. The predicted molar refractivity (Wildman–Crippen MR) is 125 cm³/mol. The molecule has 2 unspecified atom stereocenters. The van der Waals surface area contributed by atoms with E-state index in [0.717, 1.165) is 36.8 Å². The number of rotatable bonds is 6. The van der Waals surface area contributed by atoms with Crippen molar-refractivity contribution < 1.29 is 27.2 Å². The van der Waals surface area contributed by atoms with Gasteiger partial charge >= 0.3 is 6.36 Å². The molecule has 0 N–H and O–H groups in total. The van der Waals surface area contributed by atoms with E-state index >= 15 is 0 Å². The largest absolute Gasteiger partial charge is 0.573 e. The minimum Gasteiger partial charge on any atom is -0.406 e. The Labute approximate surface area is 207 Å². The Morgan fingerprint density at radius 2 is 1.69 bits per heavy atom. The number of nitrogens with zero attached hydrogens (tertiary/aromatic N) is 3. The van der Waals surface area contributed by atoms with Gasteiger partial charge in [0.1, 0.15) is 5.75 Å². The summed E-state index contributed by atoms with van der Waals surface area (Å²) in [6, 6.07) is 15.8. The van der Waals surface area contributed by atoms with Gasteiger partial charge < -0.3 is 14.2 Å². The van der Waals surface area contributed by atoms with Crippen molar-refractivity contribution in [2.24, 2.45) is 5.92 Å². The van der Waals surface area contributed by atoms with Crippen LogP contribution in [-0.2, 0) is 11.2 Å². The minimum atomic E-state index is -4.74. The first kappa shape index (κ1) is 24.3. The zero-order valence-electron chi connectivity index (χ0n) is 19.8. The Morgan fingerprint density at radius 1 is 1.00 bits per heavy atom. The molecule has 36 heavy (non-hydrogen) atoms. The van der Waals surface area contributed by atoms with Crippen LogP contribution in [0.4, 0.5) is 13.2 Å². The van der Waals surface area contributed by atoms with E-state index in [2.05, 4.69) is 14.9 Å². The number of carbonyl (C=O) groups excluding carboxylic acids is 1. The van der Waals surface area contributed by atoms with E-state index in [1.54, 1.807) is 12.1 Å². The van der Waals surface area contributed by atoms with Crippen LogP contribution in [0.5, 0.6) is 5.75 Å². The quantitative estimate of drug-likeness (QED) is 0.426. The summed E-state index contributed by atoms with van der Waals surface area (Å²) in [5.41, 5.74) is 1.92. The summed E-state index contributed by atoms with van der Waals surface area (Å²) in [4.78, 5) is 19.9. The van der Waals surface area contributed by atoms with Gasteiger partial charge in [-0.25, -0.2) is 0 Å². The molecule has 1 saturated carbocycles. The highest BCUT2D eigenvalue weighted by Gasteiger charge is 2.37. The number of aromatic nitrogens is 2. The molecule has 6 nitrogen and oxygen atoms in total. The first-order valence-electron chi connectivity index (χ1n) is 12.3. The molecular formula is C27H28F3N3O3. The predicted octanol–water partition coefficient (Wildman–Crippen LogP) is 5.85. The van der Waals surface area contributed by atoms with Gasteiger partial charge in [-0.1, -0.05) is 60.5 Å². The fraction of sp³-hybridized carbons (Fsp3) is 0.444. The molecule has 1 aromatic heterocycles. The molecule has 1 saturated heterocycles. The number of piperidine rings is 1. The van der Waals surface area contributed by atoms with Crippen LogP contribution in [0.25, 0.3) is 0 Å². The van der Waals surface area contributed by atoms with Gasteiger partial charge in [-0.3, -0.25) is 4.79 Å². The monoisotopic (exact) mass is 499 g/mol. The third kappa shape index (κ3) is 5.88. The SMILES string of the molecule is O=C(C1CCCC1)N1CC(c2ccc(OC(F)(F)F)cc2)CC(c2nc(Cc3ccccc3)no2)C1. The molecule has 1 aliphatic heterocycles. The highest BCUT2D eigenvalue weighted by Crippen LogP contribution is 2.38. The third-order valence-corrected chi connectivity index (χ3v) is 7.09. The third-order valence-electron chi connectivity index (χ3n) is 7.09. The number of alkyl halides is 3. The molecule has 0 radical (unpaired) electrons. The summed E-state index contributed by atoms with van der Waals surface area (Å²) in [6.45, 7) is 1.00. The molecule has 2 atom stereocenters. The van der Waals surface area contributed by atoms with Gasteiger partial charge in [0.25, 0.3) is 0 Å². The van der Waals surface area contributed by atoms with Crippen LogP contribution >= 0.6 is 0 Å². The number of amides is 1. The second-order valence-electron chi connectivity index (χ2n) is 9.68. The number of hydrogen-bond donors (Lipinski definition) is 0. The van der Waals surface area contributed by atoms with Crippen LogP contribution in [0.15, 0.2) is 59.1 Å². The van der Waals surface area contributed by atoms with Crippen molar-refractivity contribution in [3.63, 3.8) is 0 Å². The van der Waals surface area contributed by atoms with Gasteiger partial charge in [-0.15, -0.1) is 13.2 Å². The van der Waals surface area contributed by atoms with Gasteiger partial charge in [0, 0.05) is 31.3 Å². The average molecular weight is 500 g/mol. The van der Waals surface area contributed by atoms with Crippen molar-refractivity contribution in [1.82, 2.24) is 15.0 Å². The summed E-state index contributed by atoms with van der Waals surface area (Å²) in [5, 5.41) is 4.16. The zero-order chi connectivity index (χ0) is 25.1. The van der Waals surface area contributed by atoms with Crippen molar-refractivity contribution in [1.29, 1.82) is 0 Å². The number of carbonyl (C=O) groups is 1. The van der Waals surface area contributed by atoms with Crippen LogP contribution in [0.3, 0.4) is 0 Å². The fourth-order valence-electron chi connectivity index (χ4n) is 5.36. The molecular weight excluding hydrogens is 471 g/mol. The molecule has 3 aromatic rings. The maximum Gasteiger partial charge on any atom is 0.573 e. The van der Waals surface area contributed by atoms with Gasteiger partial charge in [-0.2, -0.15) is 4.98 Å². The van der Waals surface area contributed by atoms with Crippen LogP contribution < -0.4 is 4.74 Å². The topological polar surface area (TPSA) is 68.5 Å². The summed E-state index contributed by atoms with van der Waals surface area (Å²) >= 11 is 0. The first-order valence-corrected chi connectivity index (χ1v) is 12.3. The van der Waals surface area contributed by atoms with Crippen LogP contribution in [-0.4, -0.2) is 40.4 Å². The highest BCUT2D eigenvalue weighted by molar-refractivity contribution is 5.79. The zero-order valence-corrected chi connectivity index (χ0v) is 19.8. The van der Waals surface area contributed by atoms with Crippen molar-refractivity contribution in [3.05, 3.63) is 77.4 Å². The normalized spacial score (nSPS) is 21.0. The lowest BCUT2D eigenvalue weighted by Gasteiger charge is -2.38. The van der Waals surface area contributed by atoms with Gasteiger partial charge in [0.05, 0.1) is 5.92 Å². The molecule has 5 rings (SSSR count). The lowest BCUT2D eigenvalue weighted by atomic mass is 9.83. The molecule has 1 amide bonds. The maximum atomic E-state index is 13.3. The molecule has 2 heterocycles. The Balaban J connectivity index is 1.36. The smallest absolute Gasteiger partial charge is 0.406 e. The van der Waals surface area contributed by atoms with Gasteiger partial charge in [0.15, 0.2) is 5.82 Å². The van der Waals surface area contributed by atoms with E-state index in [9.17, 15) is 18.0 Å². The lowest BCUT2D eigenvalue weighted by Crippen LogP contribution is -2.44. The van der Waals surface area contributed by atoms with Crippen LogP contribution in [0.2, 0.25) is 0 Å². The molecule has 2 aliphatic rings. The molecule has 2 aromatic carbocycles. The molecule has 0 bridgehead atoms. The van der Waals surface area contributed by atoms with E-state index < -0.39 is 6.36 Å². The summed E-state index contributed by atoms with van der Waals surface area (Å²) < 4.78 is 47.4. The number of likely N-dealkylation sites (tertiary alicyclic amines) is 1. The number of ether oxygens (including phenoxy) is 1. The minimum absolute atomic E-state index is 0.0308. The Morgan fingerprint density at radius 3 is 2.39 bits per heavy atom. The van der Waals surface area contributed by atoms with E-state index in [4.69, 9.17) is 4.52 Å². The number of hydrogen-bond acceptors (Lipinski definition) is 5.